The van der Waals surface area contributed by atoms with Crippen LogP contribution >= 0.6 is 0 Å². The molecule has 0 aliphatic heterocycles. The molecule has 1 atom stereocenters. The molecule has 2 nitrogen and oxygen atoms in total. The maximum Gasteiger partial charge on any atom is 0.119 e. The smallest absolute Gasteiger partial charge is 0.119 e. The normalized spacial score (nSPS) is 12.6. The second kappa shape index (κ2) is 9.48. The Hall–Kier alpha value is -1.80. The summed E-state index contributed by atoms with van der Waals surface area (Å²) in [4.78, 5) is 0. The van der Waals surface area contributed by atoms with Crippen molar-refractivity contribution in [2.75, 3.05) is 6.54 Å². The highest BCUT2D eigenvalue weighted by molar-refractivity contribution is 5.30. The second-order valence-electron chi connectivity index (χ2n) is 7.04. The Morgan fingerprint density at radius 3 is 2.12 bits per heavy atom. The monoisotopic (exact) mass is 325 g/mol. The van der Waals surface area contributed by atoms with E-state index in [1.54, 1.807) is 0 Å². The van der Waals surface area contributed by atoms with Crippen molar-refractivity contribution in [1.29, 1.82) is 0 Å². The van der Waals surface area contributed by atoms with Crippen LogP contribution in [0, 0.1) is 5.92 Å². The minimum atomic E-state index is 0.221. The van der Waals surface area contributed by atoms with Crippen LogP contribution in [0.5, 0.6) is 5.75 Å². The Morgan fingerprint density at radius 2 is 1.54 bits per heavy atom. The summed E-state index contributed by atoms with van der Waals surface area (Å²) < 4.78 is 5.74. The molecule has 2 rings (SSSR count). The fourth-order valence-electron chi connectivity index (χ4n) is 3.04. The molecule has 0 aliphatic rings. The first-order valence-corrected chi connectivity index (χ1v) is 9.07. The van der Waals surface area contributed by atoms with Gasteiger partial charge in [0.2, 0.25) is 0 Å². The van der Waals surface area contributed by atoms with Gasteiger partial charge in [0.25, 0.3) is 0 Å². The van der Waals surface area contributed by atoms with Gasteiger partial charge in [-0.25, -0.2) is 0 Å². The van der Waals surface area contributed by atoms with Gasteiger partial charge in [0, 0.05) is 6.54 Å². The van der Waals surface area contributed by atoms with Crippen LogP contribution in [0.1, 0.15) is 51.2 Å². The summed E-state index contributed by atoms with van der Waals surface area (Å²) in [5.74, 6) is 2.15. The largest absolute Gasteiger partial charge is 0.491 e. The number of nitrogens with one attached hydrogen (secondary N) is 1. The number of hydrogen-bond donors (Lipinski definition) is 1. The van der Waals surface area contributed by atoms with E-state index < -0.39 is 0 Å². The van der Waals surface area contributed by atoms with Crippen LogP contribution in [0.3, 0.4) is 0 Å². The van der Waals surface area contributed by atoms with Crippen molar-refractivity contribution in [3.63, 3.8) is 0 Å². The van der Waals surface area contributed by atoms with Crippen LogP contribution in [-0.4, -0.2) is 12.6 Å². The van der Waals surface area contributed by atoms with Gasteiger partial charge >= 0.3 is 0 Å². The zero-order valence-corrected chi connectivity index (χ0v) is 15.5. The molecular formula is C22H31NO. The standard InChI is InChI=1S/C22H31NO/c1-17(2)22(14-15-23-16-19-8-6-5-7-9-19)20-10-12-21(13-11-20)24-18(3)4/h5-13,17-18,22-23H,14-16H2,1-4H3/t22-/m0/s1. The molecule has 24 heavy (non-hydrogen) atoms. The Labute approximate surface area is 147 Å². The molecule has 130 valence electrons. The Morgan fingerprint density at radius 1 is 0.875 bits per heavy atom. The van der Waals surface area contributed by atoms with E-state index in [2.05, 4.69) is 87.6 Å². The molecule has 0 radical (unpaired) electrons. The van der Waals surface area contributed by atoms with Crippen molar-refractivity contribution >= 4 is 0 Å². The summed E-state index contributed by atoms with van der Waals surface area (Å²) in [5.41, 5.74) is 2.75. The first kappa shape index (κ1) is 18.5. The maximum absolute atomic E-state index is 5.74. The quantitative estimate of drug-likeness (QED) is 0.624. The molecule has 0 fully saturated rings. The van der Waals surface area contributed by atoms with Crippen molar-refractivity contribution in [2.45, 2.75) is 52.7 Å². The predicted octanol–water partition coefficient (Wildman–Crippen LogP) is 5.39. The topological polar surface area (TPSA) is 21.3 Å². The SMILES string of the molecule is CC(C)Oc1ccc([C@@H](CCNCc2ccccc2)C(C)C)cc1. The van der Waals surface area contributed by atoms with Gasteiger partial charge in [-0.2, -0.15) is 0 Å². The highest BCUT2D eigenvalue weighted by Gasteiger charge is 2.15. The number of rotatable bonds is 9. The Kier molecular flexibility index (Phi) is 7.33. The molecule has 2 aromatic carbocycles. The molecular weight excluding hydrogens is 294 g/mol. The zero-order valence-electron chi connectivity index (χ0n) is 15.5. The van der Waals surface area contributed by atoms with Gasteiger partial charge in [-0.3, -0.25) is 0 Å². The van der Waals surface area contributed by atoms with Gasteiger partial charge in [-0.05, 0) is 61.9 Å². The number of hydrogen-bond acceptors (Lipinski definition) is 2. The van der Waals surface area contributed by atoms with Crippen molar-refractivity contribution in [2.24, 2.45) is 5.92 Å². The number of benzene rings is 2. The van der Waals surface area contributed by atoms with Crippen LogP contribution < -0.4 is 10.1 Å². The van der Waals surface area contributed by atoms with E-state index in [4.69, 9.17) is 4.74 Å². The predicted molar refractivity (Wildman–Crippen MR) is 103 cm³/mol. The van der Waals surface area contributed by atoms with Crippen LogP contribution in [0.15, 0.2) is 54.6 Å². The lowest BCUT2D eigenvalue weighted by molar-refractivity contribution is 0.242. The lowest BCUT2D eigenvalue weighted by Gasteiger charge is -2.22. The van der Waals surface area contributed by atoms with Crippen LogP contribution in [0.2, 0.25) is 0 Å². The van der Waals surface area contributed by atoms with Gasteiger partial charge in [-0.15, -0.1) is 0 Å². The minimum Gasteiger partial charge on any atom is -0.491 e. The second-order valence-corrected chi connectivity index (χ2v) is 7.04. The van der Waals surface area contributed by atoms with Crippen molar-refractivity contribution in [3.05, 3.63) is 65.7 Å². The summed E-state index contributed by atoms with van der Waals surface area (Å²) in [6, 6.07) is 19.2. The molecule has 0 spiro atoms. The third-order valence-corrected chi connectivity index (χ3v) is 4.29. The fourth-order valence-corrected chi connectivity index (χ4v) is 3.04. The fraction of sp³-hybridized carbons (Fsp3) is 0.455. The van der Waals surface area contributed by atoms with E-state index in [9.17, 15) is 0 Å². The summed E-state index contributed by atoms with van der Waals surface area (Å²) in [6.07, 6.45) is 1.37. The van der Waals surface area contributed by atoms with Crippen LogP contribution in [-0.2, 0) is 6.54 Å². The Balaban J connectivity index is 1.87. The Bertz CT molecular complexity index is 575. The average molecular weight is 325 g/mol. The molecule has 0 aliphatic carbocycles. The lowest BCUT2D eigenvalue weighted by atomic mass is 9.86. The maximum atomic E-state index is 5.74. The minimum absolute atomic E-state index is 0.221. The average Bonchev–Trinajstić information content (AvgIpc) is 2.56. The van der Waals surface area contributed by atoms with E-state index >= 15 is 0 Å². The molecule has 0 amide bonds. The molecule has 2 aromatic rings. The summed E-state index contributed by atoms with van der Waals surface area (Å²) in [5, 5.41) is 3.57. The lowest BCUT2D eigenvalue weighted by Crippen LogP contribution is -2.19. The van der Waals surface area contributed by atoms with Crippen molar-refractivity contribution in [1.82, 2.24) is 5.32 Å². The van der Waals surface area contributed by atoms with E-state index in [1.807, 2.05) is 0 Å². The third-order valence-electron chi connectivity index (χ3n) is 4.29. The third kappa shape index (κ3) is 6.01. The molecule has 0 aromatic heterocycles. The molecule has 1 N–H and O–H groups in total. The van der Waals surface area contributed by atoms with Gasteiger partial charge in [0.05, 0.1) is 6.10 Å². The van der Waals surface area contributed by atoms with Crippen molar-refractivity contribution in [3.8, 4) is 5.75 Å². The molecule has 0 saturated carbocycles. The first-order chi connectivity index (χ1) is 11.6. The van der Waals surface area contributed by atoms with Gasteiger partial charge in [-0.1, -0.05) is 56.3 Å². The van der Waals surface area contributed by atoms with Gasteiger partial charge in [0.15, 0.2) is 0 Å². The van der Waals surface area contributed by atoms with Crippen LogP contribution in [0.4, 0.5) is 0 Å². The van der Waals surface area contributed by atoms with Crippen LogP contribution in [0.25, 0.3) is 0 Å². The first-order valence-electron chi connectivity index (χ1n) is 9.07. The molecule has 0 heterocycles. The summed E-state index contributed by atoms with van der Waals surface area (Å²) in [7, 11) is 0. The molecule has 0 unspecified atom stereocenters. The van der Waals surface area contributed by atoms with E-state index in [0.29, 0.717) is 11.8 Å². The van der Waals surface area contributed by atoms with E-state index in [0.717, 1.165) is 25.3 Å². The highest BCUT2D eigenvalue weighted by atomic mass is 16.5. The molecule has 2 heteroatoms. The summed E-state index contributed by atoms with van der Waals surface area (Å²) in [6.45, 7) is 10.7. The molecule has 0 saturated heterocycles. The molecule has 0 bridgehead atoms. The van der Waals surface area contributed by atoms with E-state index in [-0.39, 0.29) is 6.10 Å². The van der Waals surface area contributed by atoms with E-state index in [1.165, 1.54) is 11.1 Å². The van der Waals surface area contributed by atoms with Gasteiger partial charge in [0.1, 0.15) is 5.75 Å². The van der Waals surface area contributed by atoms with Gasteiger partial charge < -0.3 is 10.1 Å². The van der Waals surface area contributed by atoms with Crippen molar-refractivity contribution < 1.29 is 4.74 Å². The zero-order chi connectivity index (χ0) is 17.4. The highest BCUT2D eigenvalue weighted by Crippen LogP contribution is 2.29. The number of ether oxygens (including phenoxy) is 1. The summed E-state index contributed by atoms with van der Waals surface area (Å²) >= 11 is 0.